The van der Waals surface area contributed by atoms with Crippen LogP contribution in [0, 0.1) is 12.3 Å². The number of hydrogen-bond acceptors (Lipinski definition) is 5. The maximum Gasteiger partial charge on any atom is 0.408 e. The summed E-state index contributed by atoms with van der Waals surface area (Å²) in [6.07, 6.45) is 8.97. The number of carbonyl (C=O) groups is 3. The molecule has 200 valence electrons. The van der Waals surface area contributed by atoms with Crippen molar-refractivity contribution in [2.75, 3.05) is 13.2 Å². The summed E-state index contributed by atoms with van der Waals surface area (Å²) >= 11 is 0. The van der Waals surface area contributed by atoms with Crippen molar-refractivity contribution in [2.24, 2.45) is 0 Å². The first-order valence-electron chi connectivity index (χ1n) is 12.8. The minimum absolute atomic E-state index is 0.107. The van der Waals surface area contributed by atoms with Gasteiger partial charge in [0.1, 0.15) is 17.7 Å². The summed E-state index contributed by atoms with van der Waals surface area (Å²) in [5.41, 5.74) is 0.229. The molecule has 0 heterocycles. The molecule has 3 N–H and O–H groups in total. The lowest BCUT2D eigenvalue weighted by atomic mass is 9.96. The van der Waals surface area contributed by atoms with Crippen LogP contribution in [0.3, 0.4) is 0 Å². The largest absolute Gasteiger partial charge is 0.444 e. The lowest BCUT2D eigenvalue weighted by Crippen LogP contribution is -2.55. The Morgan fingerprint density at radius 2 is 1.78 bits per heavy atom. The van der Waals surface area contributed by atoms with Crippen molar-refractivity contribution in [3.63, 3.8) is 0 Å². The van der Waals surface area contributed by atoms with Crippen molar-refractivity contribution in [1.82, 2.24) is 15.5 Å². The number of ether oxygens (including phenoxy) is 1. The van der Waals surface area contributed by atoms with Gasteiger partial charge in [0.2, 0.25) is 11.8 Å². The molecule has 3 amide bonds. The van der Waals surface area contributed by atoms with Crippen LogP contribution >= 0.6 is 0 Å². The number of aliphatic hydroxyl groups is 1. The van der Waals surface area contributed by atoms with Gasteiger partial charge in [0.05, 0.1) is 6.61 Å². The van der Waals surface area contributed by atoms with Crippen LogP contribution in [0.4, 0.5) is 4.79 Å². The second-order valence-electron chi connectivity index (χ2n) is 9.95. The van der Waals surface area contributed by atoms with Gasteiger partial charge in [-0.1, -0.05) is 57.2 Å². The van der Waals surface area contributed by atoms with Gasteiger partial charge in [0, 0.05) is 18.2 Å². The van der Waals surface area contributed by atoms with Gasteiger partial charge in [0.25, 0.3) is 0 Å². The van der Waals surface area contributed by atoms with Gasteiger partial charge in [-0.15, -0.1) is 6.42 Å². The molecule has 3 unspecified atom stereocenters. The number of amides is 3. The predicted molar refractivity (Wildman–Crippen MR) is 141 cm³/mol. The average Bonchev–Trinajstić information content (AvgIpc) is 2.80. The monoisotopic (exact) mass is 501 g/mol. The van der Waals surface area contributed by atoms with E-state index in [1.807, 2.05) is 20.8 Å². The lowest BCUT2D eigenvalue weighted by Gasteiger charge is -2.35. The molecule has 0 saturated carbocycles. The molecule has 0 aromatic heterocycles. The zero-order valence-electron chi connectivity index (χ0n) is 22.6. The van der Waals surface area contributed by atoms with Crippen LogP contribution in [-0.2, 0) is 14.3 Å². The maximum atomic E-state index is 13.8. The molecule has 0 radical (unpaired) electrons. The van der Waals surface area contributed by atoms with E-state index in [1.165, 1.54) is 4.90 Å². The summed E-state index contributed by atoms with van der Waals surface area (Å²) in [5.74, 6) is 1.66. The fraction of sp³-hybridized carbons (Fsp3) is 0.607. The number of alkyl carbamates (subject to hydrolysis) is 1. The SMILES string of the molecule is C#Cc1ccccc1C(C(=O)NC(C)CCC)N(CCCCC)C(=O)C(CO)NC(=O)OC(C)(C)C. The fourth-order valence-electron chi connectivity index (χ4n) is 3.88. The highest BCUT2D eigenvalue weighted by molar-refractivity contribution is 5.92. The molecule has 0 aliphatic rings. The van der Waals surface area contributed by atoms with Gasteiger partial charge in [-0.3, -0.25) is 9.59 Å². The Labute approximate surface area is 216 Å². The van der Waals surface area contributed by atoms with Crippen LogP contribution < -0.4 is 10.6 Å². The third-order valence-corrected chi connectivity index (χ3v) is 5.54. The Balaban J connectivity index is 3.48. The molecule has 1 aromatic rings. The number of rotatable bonds is 13. The van der Waals surface area contributed by atoms with E-state index in [9.17, 15) is 19.5 Å². The molecule has 0 aliphatic carbocycles. The van der Waals surface area contributed by atoms with E-state index in [0.717, 1.165) is 25.7 Å². The molecule has 3 atom stereocenters. The van der Waals surface area contributed by atoms with Crippen molar-refractivity contribution in [2.45, 2.75) is 97.4 Å². The Morgan fingerprint density at radius 1 is 1.11 bits per heavy atom. The zero-order valence-corrected chi connectivity index (χ0v) is 22.6. The quantitative estimate of drug-likeness (QED) is 0.280. The molecule has 36 heavy (non-hydrogen) atoms. The van der Waals surface area contributed by atoms with Crippen LogP contribution in [0.15, 0.2) is 24.3 Å². The number of aliphatic hydroxyl groups excluding tert-OH is 1. The molecular formula is C28H43N3O5. The molecule has 0 bridgehead atoms. The molecule has 8 heteroatoms. The van der Waals surface area contributed by atoms with Gasteiger partial charge < -0.3 is 25.4 Å². The number of nitrogens with one attached hydrogen (secondary N) is 2. The smallest absolute Gasteiger partial charge is 0.408 e. The van der Waals surface area contributed by atoms with E-state index in [2.05, 4.69) is 16.6 Å². The fourth-order valence-corrected chi connectivity index (χ4v) is 3.88. The van der Waals surface area contributed by atoms with Gasteiger partial charge in [0.15, 0.2) is 0 Å². The third-order valence-electron chi connectivity index (χ3n) is 5.54. The maximum absolute atomic E-state index is 13.8. The Morgan fingerprint density at radius 3 is 2.33 bits per heavy atom. The van der Waals surface area contributed by atoms with E-state index < -0.39 is 36.3 Å². The zero-order chi connectivity index (χ0) is 27.3. The second kappa shape index (κ2) is 15.1. The summed E-state index contributed by atoms with van der Waals surface area (Å²) < 4.78 is 5.27. The first-order valence-corrected chi connectivity index (χ1v) is 12.8. The first kappa shape index (κ1) is 31.0. The second-order valence-corrected chi connectivity index (χ2v) is 9.95. The summed E-state index contributed by atoms with van der Waals surface area (Å²) in [6, 6.07) is 4.57. The van der Waals surface area contributed by atoms with Crippen LogP contribution in [0.5, 0.6) is 0 Å². The number of benzene rings is 1. The molecule has 1 aromatic carbocycles. The van der Waals surface area contributed by atoms with E-state index in [1.54, 1.807) is 45.0 Å². The normalized spacial score (nSPS) is 13.6. The molecule has 0 fully saturated rings. The van der Waals surface area contributed by atoms with Crippen molar-refractivity contribution >= 4 is 17.9 Å². The van der Waals surface area contributed by atoms with E-state index in [0.29, 0.717) is 17.5 Å². The summed E-state index contributed by atoms with van der Waals surface area (Å²) in [5, 5.41) is 15.5. The van der Waals surface area contributed by atoms with Gasteiger partial charge in [-0.25, -0.2) is 4.79 Å². The van der Waals surface area contributed by atoms with E-state index in [4.69, 9.17) is 11.2 Å². The van der Waals surface area contributed by atoms with Crippen LogP contribution in [-0.4, -0.2) is 58.8 Å². The van der Waals surface area contributed by atoms with Gasteiger partial charge >= 0.3 is 6.09 Å². The molecule has 8 nitrogen and oxygen atoms in total. The Bertz CT molecular complexity index is 903. The summed E-state index contributed by atoms with van der Waals surface area (Å²) in [4.78, 5) is 41.2. The van der Waals surface area contributed by atoms with Gasteiger partial charge in [-0.2, -0.15) is 0 Å². The Kier molecular flexibility index (Phi) is 13.0. The van der Waals surface area contributed by atoms with Crippen molar-refractivity contribution in [3.8, 4) is 12.3 Å². The number of hydrogen-bond donors (Lipinski definition) is 3. The van der Waals surface area contributed by atoms with Crippen LogP contribution in [0.1, 0.15) is 90.8 Å². The number of terminal acetylenes is 1. The predicted octanol–water partition coefficient (Wildman–Crippen LogP) is 3.92. The summed E-state index contributed by atoms with van der Waals surface area (Å²) in [7, 11) is 0. The minimum atomic E-state index is -1.29. The van der Waals surface area contributed by atoms with Crippen LogP contribution in [0.2, 0.25) is 0 Å². The number of unbranched alkanes of at least 4 members (excludes halogenated alkanes) is 2. The van der Waals surface area contributed by atoms with Crippen molar-refractivity contribution < 1.29 is 24.2 Å². The molecular weight excluding hydrogens is 458 g/mol. The average molecular weight is 502 g/mol. The van der Waals surface area contributed by atoms with Gasteiger partial charge in [-0.05, 0) is 52.2 Å². The van der Waals surface area contributed by atoms with Crippen LogP contribution in [0.25, 0.3) is 0 Å². The number of carbonyl (C=O) groups excluding carboxylic acids is 3. The molecule has 0 spiro atoms. The van der Waals surface area contributed by atoms with Crippen molar-refractivity contribution in [3.05, 3.63) is 35.4 Å². The Hall–Kier alpha value is -3.05. The first-order chi connectivity index (χ1) is 17.0. The highest BCUT2D eigenvalue weighted by atomic mass is 16.6. The molecule has 1 rings (SSSR count). The summed E-state index contributed by atoms with van der Waals surface area (Å²) in [6.45, 7) is 10.7. The number of nitrogens with zero attached hydrogens (tertiary/aromatic N) is 1. The topological polar surface area (TPSA) is 108 Å². The lowest BCUT2D eigenvalue weighted by molar-refractivity contribution is -0.143. The standard InChI is InChI=1S/C28H43N3O5/c1-8-11-14-18-31(26(34)23(19-32)30-27(35)36-28(5,6)7)24(25(33)29-20(4)15-9-2)22-17-13-12-16-21(22)10-3/h3,12-13,16-17,20,23-24,32H,8-9,11,14-15,18-19H2,1-2,4-7H3,(H,29,33)(H,30,35). The van der Waals surface area contributed by atoms with E-state index >= 15 is 0 Å². The highest BCUT2D eigenvalue weighted by Crippen LogP contribution is 2.26. The molecule has 0 saturated heterocycles. The highest BCUT2D eigenvalue weighted by Gasteiger charge is 2.37. The molecule has 0 aliphatic heterocycles. The van der Waals surface area contributed by atoms with Crippen molar-refractivity contribution in [1.29, 1.82) is 0 Å². The van der Waals surface area contributed by atoms with E-state index in [-0.39, 0.29) is 18.5 Å². The third kappa shape index (κ3) is 9.90. The minimum Gasteiger partial charge on any atom is -0.444 e.